The van der Waals surface area contributed by atoms with Crippen molar-refractivity contribution >= 4 is 116 Å². The zero-order valence-corrected chi connectivity index (χ0v) is 52.1. The Kier molecular flexibility index (Phi) is 13.0. The largest absolute Gasteiger partial charge is 0.494 e. The molecule has 1 saturated heterocycles. The fourth-order valence-corrected chi connectivity index (χ4v) is 19.5. The molecule has 85 heavy (non-hydrogen) atoms. The Bertz CT molecular complexity index is 5010. The third-order valence-electron chi connectivity index (χ3n) is 16.7. The van der Waals surface area contributed by atoms with Crippen LogP contribution in [0.25, 0.3) is 61.3 Å². The number of hydrogen-bond acceptors (Lipinski definition) is 11. The van der Waals surface area contributed by atoms with Crippen LogP contribution in [0.1, 0.15) is 45.2 Å². The fourth-order valence-electron chi connectivity index (χ4n) is 11.9. The minimum atomic E-state index is -3.73. The molecule has 0 atom stereocenters. The van der Waals surface area contributed by atoms with Crippen molar-refractivity contribution in [2.45, 2.75) is 89.0 Å². The van der Waals surface area contributed by atoms with Crippen molar-refractivity contribution in [3.8, 4) is 28.2 Å². The first-order valence-electron chi connectivity index (χ1n) is 27.5. The predicted octanol–water partition coefficient (Wildman–Crippen LogP) is 13.1. The van der Waals surface area contributed by atoms with Gasteiger partial charge in [0.25, 0.3) is 0 Å². The van der Waals surface area contributed by atoms with Crippen LogP contribution in [0.15, 0.2) is 228 Å². The van der Waals surface area contributed by atoms with E-state index in [0.29, 0.717) is 38.9 Å². The number of halogens is 1. The molecule has 0 unspecified atom stereocenters. The third-order valence-corrected chi connectivity index (χ3v) is 25.0. The molecule has 0 amide bonds. The summed E-state index contributed by atoms with van der Waals surface area (Å²) in [7, 11) is -11.1. The number of hydrogen-bond donors (Lipinski definition) is 0. The average Bonchev–Trinajstić information content (AvgIpc) is 1.92. The van der Waals surface area contributed by atoms with Crippen molar-refractivity contribution in [2.24, 2.45) is 0 Å². The molecule has 16 rings (SSSR count). The van der Waals surface area contributed by atoms with Gasteiger partial charge in [-0.05, 0) is 144 Å². The molecule has 4 aliphatic rings. The van der Waals surface area contributed by atoms with E-state index < -0.39 is 45.1 Å². The van der Waals surface area contributed by atoms with Crippen LogP contribution in [-0.2, 0) is 33.5 Å². The van der Waals surface area contributed by atoms with Crippen molar-refractivity contribution in [2.75, 3.05) is 0 Å². The summed E-state index contributed by atoms with van der Waals surface area (Å²) in [5.41, 5.74) is 8.66. The molecule has 4 aliphatic heterocycles. The van der Waals surface area contributed by atoms with E-state index in [2.05, 4.69) is 78.8 Å². The van der Waals surface area contributed by atoms with Gasteiger partial charge >= 0.3 is 7.12 Å². The lowest BCUT2D eigenvalue weighted by Crippen LogP contribution is -2.41. The zero-order valence-electron chi connectivity index (χ0n) is 47.1. The van der Waals surface area contributed by atoms with Crippen LogP contribution >= 0.6 is 34.8 Å². The average molecular weight is 1260 g/mol. The van der Waals surface area contributed by atoms with E-state index in [4.69, 9.17) is 9.31 Å². The molecule has 422 valence electrons. The standard InChI is InChI=1S/C32H23N2O3PS.C20H21BN2O4S.C14H9BrN2S/c1-22-33-28-13-8-14-30-32(28)34(22)29-20-17-24(21-31(29)39(30,36)37)23-15-18-27(19-16-23)38(35,25-9-4-2-5-10-25)26-11-6-3-7-12-26;1-12-22-14-7-6-8-16-18(14)23(12)15-10-9-13(11-17(15)28(16,24)25)21-26-19(2,3)20(4,5)27-21;1-8-16-10-3-2-4-12-14(10)17(8)11-6-5-9(15)7-13(11)18-12/h2-21H,1H3;6-11H,1-5H3;2-7H,1H3. The molecule has 0 radical (unpaired) electrons. The number of para-hydroxylation sites is 3. The van der Waals surface area contributed by atoms with Crippen LogP contribution in [0, 0.1) is 20.8 Å². The Morgan fingerprint density at radius 2 is 0.906 bits per heavy atom. The lowest BCUT2D eigenvalue weighted by molar-refractivity contribution is 0.00578. The summed E-state index contributed by atoms with van der Waals surface area (Å²) in [6.07, 6.45) is 0. The summed E-state index contributed by atoms with van der Waals surface area (Å²) in [6.45, 7) is 13.7. The Hall–Kier alpha value is -7.67. The van der Waals surface area contributed by atoms with Gasteiger partial charge in [-0.2, -0.15) is 0 Å². The van der Waals surface area contributed by atoms with Crippen LogP contribution in [0.5, 0.6) is 0 Å². The normalized spacial score (nSPS) is 16.0. The highest BCUT2D eigenvalue weighted by molar-refractivity contribution is 9.10. The van der Waals surface area contributed by atoms with Crippen molar-refractivity contribution in [3.05, 3.63) is 216 Å². The number of sulfone groups is 2. The lowest BCUT2D eigenvalue weighted by Gasteiger charge is -2.32. The summed E-state index contributed by atoms with van der Waals surface area (Å²) < 4.78 is 88.3. The molecule has 0 aliphatic carbocycles. The van der Waals surface area contributed by atoms with Crippen LogP contribution in [0.3, 0.4) is 0 Å². The van der Waals surface area contributed by atoms with Gasteiger partial charge in [0.15, 0.2) is 7.14 Å². The van der Waals surface area contributed by atoms with Gasteiger partial charge in [-0.15, -0.1) is 0 Å². The van der Waals surface area contributed by atoms with Crippen molar-refractivity contribution in [1.82, 2.24) is 28.7 Å². The zero-order chi connectivity index (χ0) is 59.1. The van der Waals surface area contributed by atoms with Crippen molar-refractivity contribution < 1.29 is 30.7 Å². The van der Waals surface area contributed by atoms with E-state index in [1.54, 1.807) is 36.4 Å². The monoisotopic (exact) mass is 1260 g/mol. The molecule has 0 N–H and O–H groups in total. The van der Waals surface area contributed by atoms with E-state index in [0.717, 1.165) is 54.5 Å². The highest BCUT2D eigenvalue weighted by atomic mass is 79.9. The second kappa shape index (κ2) is 20.0. The summed E-state index contributed by atoms with van der Waals surface area (Å²) >= 11 is 5.35. The Labute approximate surface area is 505 Å². The topological polar surface area (TPSA) is 157 Å². The van der Waals surface area contributed by atoms with E-state index in [-0.39, 0.29) is 19.6 Å². The number of rotatable bonds is 5. The van der Waals surface area contributed by atoms with Gasteiger partial charge in [0, 0.05) is 30.2 Å². The van der Waals surface area contributed by atoms with Gasteiger partial charge in [0.05, 0.1) is 80.9 Å². The number of nitrogens with zero attached hydrogens (tertiary/aromatic N) is 6. The van der Waals surface area contributed by atoms with Gasteiger partial charge in [0.1, 0.15) is 17.5 Å². The number of aromatic nitrogens is 6. The van der Waals surface area contributed by atoms with Gasteiger partial charge in [-0.3, -0.25) is 13.7 Å². The van der Waals surface area contributed by atoms with Gasteiger partial charge in [-0.1, -0.05) is 143 Å². The molecule has 7 heterocycles. The van der Waals surface area contributed by atoms with E-state index in [1.165, 1.54) is 21.0 Å². The fraction of sp³-hybridized carbons (Fsp3) is 0.136. The highest BCUT2D eigenvalue weighted by Gasteiger charge is 2.52. The molecular formula is C66H53BBrN6O7PS3. The summed E-state index contributed by atoms with van der Waals surface area (Å²) in [4.78, 5) is 17.4. The second-order valence-electron chi connectivity index (χ2n) is 22.4. The van der Waals surface area contributed by atoms with Gasteiger partial charge < -0.3 is 13.9 Å². The molecule has 12 aromatic rings. The smallest absolute Gasteiger partial charge is 0.399 e. The molecule has 13 nitrogen and oxygen atoms in total. The molecule has 0 bridgehead atoms. The lowest BCUT2D eigenvalue weighted by atomic mass is 9.79. The number of imidazole rings is 3. The quantitative estimate of drug-likeness (QED) is 0.119. The van der Waals surface area contributed by atoms with Crippen LogP contribution in [0.2, 0.25) is 0 Å². The Morgan fingerprint density at radius 3 is 1.45 bits per heavy atom. The Morgan fingerprint density at radius 1 is 0.459 bits per heavy atom. The summed E-state index contributed by atoms with van der Waals surface area (Å²) in [5.74, 6) is 2.53. The Balaban J connectivity index is 0.000000121. The third kappa shape index (κ3) is 8.69. The molecule has 19 heteroatoms. The van der Waals surface area contributed by atoms with Gasteiger partial charge in [-0.25, -0.2) is 31.8 Å². The van der Waals surface area contributed by atoms with Gasteiger partial charge in [0.2, 0.25) is 19.7 Å². The summed E-state index contributed by atoms with van der Waals surface area (Å²) in [5, 5.41) is 2.26. The molecule has 9 aromatic carbocycles. The first-order valence-corrected chi connectivity index (χ1v) is 33.8. The SMILES string of the molecule is Cc1nc2cccc3c2n1-c1ccc(-c2ccc(P(=O)(c4ccccc4)c4ccccc4)cc2)cc1S3(=O)=O.Cc1nc2cccc3c2n1-c1ccc(B2OC(C)(C)C(C)(C)O2)cc1S3(=O)=O.Cc1nc2cccc3c2n1-c1ccc(Br)cc1S3. The van der Waals surface area contributed by atoms with Crippen molar-refractivity contribution in [1.29, 1.82) is 0 Å². The maximum Gasteiger partial charge on any atom is 0.494 e. The van der Waals surface area contributed by atoms with Crippen LogP contribution < -0.4 is 21.4 Å². The number of aryl methyl sites for hydroxylation is 3. The first kappa shape index (κ1) is 55.2. The predicted molar refractivity (Wildman–Crippen MR) is 341 cm³/mol. The maximum absolute atomic E-state index is 14.7. The van der Waals surface area contributed by atoms with Crippen LogP contribution in [0.4, 0.5) is 0 Å². The van der Waals surface area contributed by atoms with E-state index in [9.17, 15) is 21.4 Å². The highest BCUT2D eigenvalue weighted by Crippen LogP contribution is 2.47. The number of benzene rings is 9. The molecular weight excluding hydrogens is 1210 g/mol. The van der Waals surface area contributed by atoms with Crippen molar-refractivity contribution in [3.63, 3.8) is 0 Å². The molecule has 0 saturated carbocycles. The van der Waals surface area contributed by atoms with E-state index >= 15 is 0 Å². The second-order valence-corrected chi connectivity index (χ2v) is 30.9. The maximum atomic E-state index is 14.7. The molecule has 0 spiro atoms. The molecule has 3 aromatic heterocycles. The minimum absolute atomic E-state index is 0.251. The summed E-state index contributed by atoms with van der Waals surface area (Å²) in [6, 6.07) is 60.7. The number of fused-ring (bicyclic) bond motifs is 6. The minimum Gasteiger partial charge on any atom is -0.399 e. The molecule has 1 fully saturated rings. The van der Waals surface area contributed by atoms with E-state index in [1.807, 2.05) is 184 Å². The first-order chi connectivity index (χ1) is 40.7. The van der Waals surface area contributed by atoms with Crippen LogP contribution in [-0.4, -0.2) is 63.8 Å².